The van der Waals surface area contributed by atoms with Gasteiger partial charge in [-0.1, -0.05) is 29.8 Å². The van der Waals surface area contributed by atoms with Gasteiger partial charge in [-0.05, 0) is 12.5 Å². The molecule has 0 aromatic heterocycles. The van der Waals surface area contributed by atoms with Gasteiger partial charge in [-0.15, -0.1) is 0 Å². The van der Waals surface area contributed by atoms with Crippen molar-refractivity contribution in [3.05, 3.63) is 35.4 Å². The van der Waals surface area contributed by atoms with Crippen molar-refractivity contribution in [1.29, 1.82) is 0 Å². The molecule has 0 amide bonds. The fourth-order valence-corrected chi connectivity index (χ4v) is 1.02. The van der Waals surface area contributed by atoms with Crippen LogP contribution in [0.4, 0.5) is 0 Å². The van der Waals surface area contributed by atoms with Gasteiger partial charge >= 0.3 is 0 Å². The van der Waals surface area contributed by atoms with Crippen molar-refractivity contribution in [3.8, 4) is 0 Å². The lowest BCUT2D eigenvalue weighted by molar-refractivity contribution is 0.292. The van der Waals surface area contributed by atoms with Crippen LogP contribution in [0.25, 0.3) is 0 Å². The van der Waals surface area contributed by atoms with Crippen LogP contribution in [0.2, 0.25) is 0 Å². The molecule has 0 atom stereocenters. The van der Waals surface area contributed by atoms with E-state index in [1.54, 1.807) is 0 Å². The van der Waals surface area contributed by atoms with Crippen LogP contribution in [0.15, 0.2) is 24.3 Å². The average molecular weight is 167 g/mol. The highest BCUT2D eigenvalue weighted by atomic mass is 16.3. The van der Waals surface area contributed by atoms with Crippen molar-refractivity contribution >= 4 is 0 Å². The van der Waals surface area contributed by atoms with Crippen LogP contribution in [0.5, 0.6) is 0 Å². The Morgan fingerprint density at radius 3 is 2.58 bits per heavy atom. The summed E-state index contributed by atoms with van der Waals surface area (Å²) in [5, 5.41) is 11.6. The molecular weight excluding hydrogens is 150 g/mol. The van der Waals surface area contributed by atoms with E-state index in [2.05, 4.69) is 36.5 Å². The van der Waals surface area contributed by atoms with Gasteiger partial charge in [0, 0.05) is 14.5 Å². The number of nitrogens with one attached hydrogen (secondary N) is 1. The monoisotopic (exact) mass is 167 g/mol. The molecule has 0 fully saturated rings. The second kappa shape index (κ2) is 4.91. The van der Waals surface area contributed by atoms with Gasteiger partial charge in [0.2, 0.25) is 0 Å². The highest BCUT2D eigenvalue weighted by Gasteiger charge is 1.90. The summed E-state index contributed by atoms with van der Waals surface area (Å²) in [5.74, 6) is 0. The molecule has 0 saturated heterocycles. The molecule has 1 aromatic rings. The normalized spacial score (nSPS) is 10.2. The SMILES string of the molecule is Cc1ccc(CNCCO)cc1.[HH]. The molecule has 0 radical (unpaired) electrons. The Balaban J connectivity index is 0.00000144. The minimum atomic E-state index is 0. The first-order chi connectivity index (χ1) is 5.83. The van der Waals surface area contributed by atoms with Crippen molar-refractivity contribution in [2.75, 3.05) is 13.2 Å². The number of aliphatic hydroxyl groups is 1. The van der Waals surface area contributed by atoms with Crippen LogP contribution in [-0.2, 0) is 6.54 Å². The van der Waals surface area contributed by atoms with Crippen molar-refractivity contribution < 1.29 is 6.53 Å². The summed E-state index contributed by atoms with van der Waals surface area (Å²) in [6.45, 7) is 3.77. The third-order valence-electron chi connectivity index (χ3n) is 1.74. The van der Waals surface area contributed by atoms with E-state index in [4.69, 9.17) is 5.11 Å². The van der Waals surface area contributed by atoms with E-state index in [-0.39, 0.29) is 8.03 Å². The van der Waals surface area contributed by atoms with E-state index in [0.717, 1.165) is 6.54 Å². The van der Waals surface area contributed by atoms with Crippen molar-refractivity contribution in [2.45, 2.75) is 13.5 Å². The summed E-state index contributed by atoms with van der Waals surface area (Å²) in [6.07, 6.45) is 0. The maximum atomic E-state index is 8.53. The molecule has 1 rings (SSSR count). The zero-order valence-electron chi connectivity index (χ0n) is 7.38. The van der Waals surface area contributed by atoms with Gasteiger partial charge in [0.05, 0.1) is 6.61 Å². The molecule has 0 unspecified atom stereocenters. The van der Waals surface area contributed by atoms with E-state index in [1.165, 1.54) is 11.1 Å². The minimum Gasteiger partial charge on any atom is -0.395 e. The predicted molar refractivity (Wildman–Crippen MR) is 52.1 cm³/mol. The Bertz CT molecular complexity index is 223. The van der Waals surface area contributed by atoms with Gasteiger partial charge in [0.1, 0.15) is 0 Å². The quantitative estimate of drug-likeness (QED) is 0.663. The van der Waals surface area contributed by atoms with Gasteiger partial charge < -0.3 is 10.4 Å². The van der Waals surface area contributed by atoms with E-state index in [0.29, 0.717) is 6.54 Å². The molecule has 12 heavy (non-hydrogen) atoms. The van der Waals surface area contributed by atoms with Crippen molar-refractivity contribution in [2.24, 2.45) is 0 Å². The topological polar surface area (TPSA) is 32.3 Å². The summed E-state index contributed by atoms with van der Waals surface area (Å²) in [7, 11) is 0. The molecule has 68 valence electrons. The molecule has 0 aliphatic carbocycles. The highest BCUT2D eigenvalue weighted by Crippen LogP contribution is 2.01. The standard InChI is InChI=1S/C10H15NO.H2/c1-9-2-4-10(5-3-9)8-11-6-7-12;/h2-5,11-12H,6-8H2,1H3;1H. The Morgan fingerprint density at radius 1 is 1.33 bits per heavy atom. The Hall–Kier alpha value is -0.860. The van der Waals surface area contributed by atoms with E-state index >= 15 is 0 Å². The molecule has 0 bridgehead atoms. The molecule has 0 aliphatic rings. The minimum absolute atomic E-state index is 0. The largest absolute Gasteiger partial charge is 0.395 e. The van der Waals surface area contributed by atoms with Crippen LogP contribution in [0.3, 0.4) is 0 Å². The summed E-state index contributed by atoms with van der Waals surface area (Å²) in [5.41, 5.74) is 2.54. The number of rotatable bonds is 4. The summed E-state index contributed by atoms with van der Waals surface area (Å²) >= 11 is 0. The number of hydrogen-bond acceptors (Lipinski definition) is 2. The fourth-order valence-electron chi connectivity index (χ4n) is 1.02. The van der Waals surface area contributed by atoms with Gasteiger partial charge in [-0.2, -0.15) is 0 Å². The molecule has 0 aliphatic heterocycles. The zero-order valence-corrected chi connectivity index (χ0v) is 7.38. The van der Waals surface area contributed by atoms with E-state index in [9.17, 15) is 0 Å². The van der Waals surface area contributed by atoms with Gasteiger partial charge in [-0.3, -0.25) is 0 Å². The fraction of sp³-hybridized carbons (Fsp3) is 0.400. The number of hydrogen-bond donors (Lipinski definition) is 2. The first kappa shape index (κ1) is 9.23. The molecular formula is C10H17NO. The number of benzene rings is 1. The van der Waals surface area contributed by atoms with Crippen LogP contribution < -0.4 is 5.32 Å². The average Bonchev–Trinajstić information content (AvgIpc) is 2.09. The Labute approximate surface area is 74.7 Å². The van der Waals surface area contributed by atoms with Gasteiger partial charge in [-0.25, -0.2) is 0 Å². The van der Waals surface area contributed by atoms with Crippen LogP contribution in [0.1, 0.15) is 12.6 Å². The Morgan fingerprint density at radius 2 is 2.00 bits per heavy atom. The lowest BCUT2D eigenvalue weighted by Gasteiger charge is -2.02. The van der Waals surface area contributed by atoms with E-state index in [1.807, 2.05) is 0 Å². The maximum Gasteiger partial charge on any atom is 0.0556 e. The van der Waals surface area contributed by atoms with Gasteiger partial charge in [0.15, 0.2) is 0 Å². The summed E-state index contributed by atoms with van der Waals surface area (Å²) in [4.78, 5) is 0. The molecule has 0 spiro atoms. The third-order valence-corrected chi connectivity index (χ3v) is 1.74. The van der Waals surface area contributed by atoms with Crippen LogP contribution >= 0.6 is 0 Å². The number of aliphatic hydroxyl groups excluding tert-OH is 1. The molecule has 2 heteroatoms. The zero-order chi connectivity index (χ0) is 8.81. The predicted octanol–water partition coefficient (Wildman–Crippen LogP) is 1.32. The molecule has 1 aromatic carbocycles. The van der Waals surface area contributed by atoms with Gasteiger partial charge in [0.25, 0.3) is 0 Å². The lowest BCUT2D eigenvalue weighted by atomic mass is 10.1. The summed E-state index contributed by atoms with van der Waals surface area (Å²) < 4.78 is 0. The maximum absolute atomic E-state index is 8.53. The Kier molecular flexibility index (Phi) is 3.77. The first-order valence-corrected chi connectivity index (χ1v) is 4.20. The highest BCUT2D eigenvalue weighted by molar-refractivity contribution is 5.20. The summed E-state index contributed by atoms with van der Waals surface area (Å²) in [6, 6.07) is 8.38. The molecule has 0 saturated carbocycles. The second-order valence-electron chi connectivity index (χ2n) is 2.89. The van der Waals surface area contributed by atoms with E-state index < -0.39 is 0 Å². The molecule has 0 heterocycles. The first-order valence-electron chi connectivity index (χ1n) is 4.20. The third kappa shape index (κ3) is 3.03. The molecule has 2 N–H and O–H groups in total. The van der Waals surface area contributed by atoms with Crippen molar-refractivity contribution in [1.82, 2.24) is 5.32 Å². The van der Waals surface area contributed by atoms with Crippen LogP contribution in [0, 0.1) is 6.92 Å². The number of aryl methyl sites for hydroxylation is 1. The lowest BCUT2D eigenvalue weighted by Crippen LogP contribution is -2.17. The second-order valence-corrected chi connectivity index (χ2v) is 2.89. The van der Waals surface area contributed by atoms with Crippen LogP contribution in [-0.4, -0.2) is 18.3 Å². The smallest absolute Gasteiger partial charge is 0.0556 e. The molecule has 2 nitrogen and oxygen atoms in total. The van der Waals surface area contributed by atoms with Crippen molar-refractivity contribution in [3.63, 3.8) is 0 Å².